The molecule has 1 heterocycles. The molecule has 222 valence electrons. The zero-order chi connectivity index (χ0) is 29.0. The number of aliphatic hydroxyl groups is 2. The van der Waals surface area contributed by atoms with Crippen LogP contribution in [0.25, 0.3) is 10.8 Å². The van der Waals surface area contributed by atoms with Crippen molar-refractivity contribution < 1.29 is 29.2 Å². The number of rotatable bonds is 15. The third-order valence-corrected chi connectivity index (χ3v) is 7.54. The van der Waals surface area contributed by atoms with Crippen LogP contribution in [0.3, 0.4) is 0 Å². The fourth-order valence-corrected chi connectivity index (χ4v) is 5.22. The Hall–Kier alpha value is -3.46. The summed E-state index contributed by atoms with van der Waals surface area (Å²) in [4.78, 5) is 0. The van der Waals surface area contributed by atoms with Crippen molar-refractivity contribution in [2.45, 2.75) is 44.2 Å². The predicted octanol–water partition coefficient (Wildman–Crippen LogP) is 5.22. The molecule has 4 aromatic rings. The molecule has 1 saturated heterocycles. The van der Waals surface area contributed by atoms with Crippen molar-refractivity contribution in [1.29, 1.82) is 0 Å². The zero-order valence-corrected chi connectivity index (χ0v) is 24.0. The van der Waals surface area contributed by atoms with Gasteiger partial charge in [-0.1, -0.05) is 60.7 Å². The molecule has 0 bridgehead atoms. The first-order valence-corrected chi connectivity index (χ1v) is 14.8. The topological polar surface area (TPSA) is 89.4 Å². The van der Waals surface area contributed by atoms with Crippen molar-refractivity contribution in [2.24, 2.45) is 0 Å². The molecule has 0 unspecified atom stereocenters. The van der Waals surface area contributed by atoms with Gasteiger partial charge in [-0.15, -0.1) is 0 Å². The van der Waals surface area contributed by atoms with Crippen molar-refractivity contribution in [3.63, 3.8) is 0 Å². The molecular formula is C35H41NO6. The van der Waals surface area contributed by atoms with Crippen molar-refractivity contribution in [3.05, 3.63) is 108 Å². The summed E-state index contributed by atoms with van der Waals surface area (Å²) in [5.74, 6) is 1.84. The van der Waals surface area contributed by atoms with E-state index in [9.17, 15) is 5.11 Å². The van der Waals surface area contributed by atoms with E-state index in [1.807, 2.05) is 36.4 Å². The van der Waals surface area contributed by atoms with E-state index in [0.29, 0.717) is 38.1 Å². The number of hydrogen-bond donors (Lipinski definition) is 3. The highest BCUT2D eigenvalue weighted by molar-refractivity contribution is 5.84. The van der Waals surface area contributed by atoms with Gasteiger partial charge in [0.2, 0.25) is 0 Å². The minimum absolute atomic E-state index is 0.0537. The molecule has 0 amide bonds. The lowest BCUT2D eigenvalue weighted by molar-refractivity contribution is 0.0106. The van der Waals surface area contributed by atoms with Crippen molar-refractivity contribution in [1.82, 2.24) is 5.32 Å². The molecule has 1 aliphatic rings. The summed E-state index contributed by atoms with van der Waals surface area (Å²) in [5, 5.41) is 24.2. The Bertz CT molecular complexity index is 1360. The second kappa shape index (κ2) is 15.7. The van der Waals surface area contributed by atoms with Crippen LogP contribution in [-0.2, 0) is 22.7 Å². The van der Waals surface area contributed by atoms with E-state index < -0.39 is 6.10 Å². The van der Waals surface area contributed by atoms with Crippen LogP contribution in [0.1, 0.15) is 35.4 Å². The number of piperidine rings is 1. The number of ether oxygens (including phenoxy) is 4. The van der Waals surface area contributed by atoms with E-state index >= 15 is 0 Å². The number of nitrogens with one attached hydrogen (secondary N) is 1. The Morgan fingerprint density at radius 3 is 2.43 bits per heavy atom. The van der Waals surface area contributed by atoms with Gasteiger partial charge in [-0.2, -0.15) is 0 Å². The summed E-state index contributed by atoms with van der Waals surface area (Å²) in [7, 11) is 0. The molecule has 4 aromatic carbocycles. The standard InChI is InChI=1S/C35H41NO6/c37-22-31(38)25-41-33-14-9-28-8-7-27(19-30(28)20-33)24-42-35-21-36-16-15-34(35)29-10-12-32(13-11-29)40-18-4-17-39-23-26-5-2-1-3-6-26/h1-3,5-14,19-20,31,34-38H,4,15-18,21-25H2/t31-,34-,35-/m0/s1. The molecule has 7 heteroatoms. The number of benzene rings is 4. The van der Waals surface area contributed by atoms with Crippen molar-refractivity contribution >= 4 is 10.8 Å². The highest BCUT2D eigenvalue weighted by atomic mass is 16.5. The maximum atomic E-state index is 9.57. The van der Waals surface area contributed by atoms with Gasteiger partial charge in [0.15, 0.2) is 0 Å². The molecular weight excluding hydrogens is 530 g/mol. The zero-order valence-electron chi connectivity index (χ0n) is 24.0. The fraction of sp³-hybridized carbons (Fsp3) is 0.371. The molecule has 1 aliphatic heterocycles. The number of fused-ring (bicyclic) bond motifs is 1. The third-order valence-electron chi connectivity index (χ3n) is 7.54. The van der Waals surface area contributed by atoms with Crippen LogP contribution in [0, 0.1) is 0 Å². The minimum atomic E-state index is -0.892. The highest BCUT2D eigenvalue weighted by Crippen LogP contribution is 2.30. The van der Waals surface area contributed by atoms with Crippen LogP contribution < -0.4 is 14.8 Å². The van der Waals surface area contributed by atoms with Gasteiger partial charge in [0, 0.05) is 18.9 Å². The van der Waals surface area contributed by atoms with Crippen LogP contribution in [-0.4, -0.2) is 61.9 Å². The molecule has 42 heavy (non-hydrogen) atoms. The average Bonchev–Trinajstić information content (AvgIpc) is 3.05. The SMILES string of the molecule is OC[C@H](O)COc1ccc2ccc(CO[C@H]3CNCC[C@H]3c3ccc(OCCCOCc4ccccc4)cc3)cc2c1. The summed E-state index contributed by atoms with van der Waals surface area (Å²) in [6, 6.07) is 30.8. The molecule has 3 N–H and O–H groups in total. The normalized spacial score (nSPS) is 17.7. The second-order valence-corrected chi connectivity index (χ2v) is 10.7. The highest BCUT2D eigenvalue weighted by Gasteiger charge is 2.27. The van der Waals surface area contributed by atoms with E-state index in [0.717, 1.165) is 48.0 Å². The van der Waals surface area contributed by atoms with E-state index in [-0.39, 0.29) is 19.3 Å². The van der Waals surface area contributed by atoms with E-state index in [1.54, 1.807) is 0 Å². The minimum Gasteiger partial charge on any atom is -0.494 e. The molecule has 0 aliphatic carbocycles. The lowest BCUT2D eigenvalue weighted by Gasteiger charge is -2.32. The molecule has 7 nitrogen and oxygen atoms in total. The van der Waals surface area contributed by atoms with Gasteiger partial charge in [0.1, 0.15) is 24.2 Å². The Labute approximate surface area is 248 Å². The van der Waals surface area contributed by atoms with Crippen molar-refractivity contribution in [2.75, 3.05) is 39.5 Å². The third kappa shape index (κ3) is 8.77. The van der Waals surface area contributed by atoms with Gasteiger partial charge in [0.25, 0.3) is 0 Å². The molecule has 0 saturated carbocycles. The molecule has 1 fully saturated rings. The monoisotopic (exact) mass is 571 g/mol. The average molecular weight is 572 g/mol. The van der Waals surface area contributed by atoms with E-state index in [1.165, 1.54) is 11.1 Å². The maximum Gasteiger partial charge on any atom is 0.120 e. The summed E-state index contributed by atoms with van der Waals surface area (Å²) in [5.41, 5.74) is 3.55. The van der Waals surface area contributed by atoms with Gasteiger partial charge in [-0.25, -0.2) is 0 Å². The lowest BCUT2D eigenvalue weighted by atomic mass is 9.87. The molecule has 5 rings (SSSR count). The van der Waals surface area contributed by atoms with Crippen LogP contribution >= 0.6 is 0 Å². The Morgan fingerprint density at radius 2 is 1.60 bits per heavy atom. The molecule has 3 atom stereocenters. The number of hydrogen-bond acceptors (Lipinski definition) is 7. The van der Waals surface area contributed by atoms with E-state index in [2.05, 4.69) is 59.9 Å². The first kappa shape index (κ1) is 30.0. The maximum absolute atomic E-state index is 9.57. The molecule has 0 radical (unpaired) electrons. The first-order valence-electron chi connectivity index (χ1n) is 14.8. The Kier molecular flexibility index (Phi) is 11.2. The van der Waals surface area contributed by atoms with Crippen LogP contribution in [0.2, 0.25) is 0 Å². The lowest BCUT2D eigenvalue weighted by Crippen LogP contribution is -2.40. The predicted molar refractivity (Wildman–Crippen MR) is 164 cm³/mol. The van der Waals surface area contributed by atoms with E-state index in [4.69, 9.17) is 24.1 Å². The largest absolute Gasteiger partial charge is 0.494 e. The summed E-state index contributed by atoms with van der Waals surface area (Å²) in [6.45, 7) is 3.94. The second-order valence-electron chi connectivity index (χ2n) is 10.7. The first-order chi connectivity index (χ1) is 20.7. The molecule has 0 aromatic heterocycles. The summed E-state index contributed by atoms with van der Waals surface area (Å²) >= 11 is 0. The van der Waals surface area contributed by atoms with Gasteiger partial charge in [-0.05, 0) is 70.8 Å². The smallest absolute Gasteiger partial charge is 0.120 e. The van der Waals surface area contributed by atoms with Crippen LogP contribution in [0.15, 0.2) is 91.0 Å². The quantitative estimate of drug-likeness (QED) is 0.169. The number of aliphatic hydroxyl groups excluding tert-OH is 2. The fourth-order valence-electron chi connectivity index (χ4n) is 5.22. The van der Waals surface area contributed by atoms with Gasteiger partial charge >= 0.3 is 0 Å². The van der Waals surface area contributed by atoms with Gasteiger partial charge in [-0.3, -0.25) is 0 Å². The Balaban J connectivity index is 1.10. The van der Waals surface area contributed by atoms with Gasteiger partial charge < -0.3 is 34.5 Å². The summed E-state index contributed by atoms with van der Waals surface area (Å²) < 4.78 is 23.8. The van der Waals surface area contributed by atoms with Crippen LogP contribution in [0.4, 0.5) is 0 Å². The van der Waals surface area contributed by atoms with Crippen molar-refractivity contribution in [3.8, 4) is 11.5 Å². The van der Waals surface area contributed by atoms with Crippen LogP contribution in [0.5, 0.6) is 11.5 Å². The van der Waals surface area contributed by atoms with Gasteiger partial charge in [0.05, 0.1) is 39.1 Å². The summed E-state index contributed by atoms with van der Waals surface area (Å²) in [6.07, 6.45) is 1.03. The Morgan fingerprint density at radius 1 is 0.786 bits per heavy atom. The molecule has 0 spiro atoms.